The van der Waals surface area contributed by atoms with E-state index < -0.39 is 11.5 Å². The molecule has 0 aliphatic heterocycles. The zero-order chi connectivity index (χ0) is 21.1. The Morgan fingerprint density at radius 2 is 1.93 bits per heavy atom. The first-order chi connectivity index (χ1) is 13.8. The van der Waals surface area contributed by atoms with Gasteiger partial charge in [-0.25, -0.2) is 4.68 Å². The number of nitrogens with zero attached hydrogens (tertiary/aromatic N) is 3. The van der Waals surface area contributed by atoms with Gasteiger partial charge in [-0.3, -0.25) is 14.3 Å². The van der Waals surface area contributed by atoms with Gasteiger partial charge in [0.25, 0.3) is 11.5 Å². The Hall–Kier alpha value is -3.76. The second-order valence-electron chi connectivity index (χ2n) is 6.27. The summed E-state index contributed by atoms with van der Waals surface area (Å²) >= 11 is 5.86. The number of hydrogen-bond acceptors (Lipinski definition) is 4. The lowest BCUT2D eigenvalue weighted by molar-refractivity contribution is -0.112. The van der Waals surface area contributed by atoms with Gasteiger partial charge in [-0.1, -0.05) is 35.9 Å². The number of para-hydroxylation sites is 1. The fourth-order valence-electron chi connectivity index (χ4n) is 2.82. The highest BCUT2D eigenvalue weighted by molar-refractivity contribution is 6.32. The van der Waals surface area contributed by atoms with Crippen LogP contribution in [0.4, 0.5) is 5.69 Å². The van der Waals surface area contributed by atoms with E-state index in [1.807, 2.05) is 24.3 Å². The van der Waals surface area contributed by atoms with Gasteiger partial charge in [-0.15, -0.1) is 0 Å². The number of phenols is 1. The van der Waals surface area contributed by atoms with Crippen LogP contribution in [-0.2, 0) is 11.8 Å². The van der Waals surface area contributed by atoms with Gasteiger partial charge in [0.15, 0.2) is 0 Å². The molecule has 0 aliphatic rings. The van der Waals surface area contributed by atoms with Crippen LogP contribution in [0.1, 0.15) is 11.3 Å². The third kappa shape index (κ3) is 3.93. The van der Waals surface area contributed by atoms with Crippen molar-refractivity contribution in [1.82, 2.24) is 9.36 Å². The number of nitrogens with one attached hydrogen (secondary N) is 1. The number of rotatable bonds is 4. The van der Waals surface area contributed by atoms with Crippen LogP contribution in [0.5, 0.6) is 5.75 Å². The number of aromatic hydroxyl groups is 1. The fraction of sp³-hybridized carbons (Fsp3) is 0.0952. The molecule has 0 saturated carbocycles. The van der Waals surface area contributed by atoms with Crippen LogP contribution >= 0.6 is 11.6 Å². The average molecular weight is 409 g/mol. The fourth-order valence-corrected chi connectivity index (χ4v) is 3.01. The second-order valence-corrected chi connectivity index (χ2v) is 6.68. The van der Waals surface area contributed by atoms with Gasteiger partial charge in [0, 0.05) is 7.05 Å². The molecule has 0 unspecified atom stereocenters. The van der Waals surface area contributed by atoms with Gasteiger partial charge in [-0.2, -0.15) is 5.26 Å². The van der Waals surface area contributed by atoms with E-state index in [0.717, 1.165) is 0 Å². The highest BCUT2D eigenvalue weighted by Crippen LogP contribution is 2.25. The molecule has 8 heteroatoms. The highest BCUT2D eigenvalue weighted by atomic mass is 35.5. The molecule has 0 fully saturated rings. The van der Waals surface area contributed by atoms with Crippen LogP contribution in [0.25, 0.3) is 11.8 Å². The van der Waals surface area contributed by atoms with Crippen LogP contribution in [0.15, 0.2) is 58.9 Å². The van der Waals surface area contributed by atoms with E-state index in [-0.39, 0.29) is 22.0 Å². The second kappa shape index (κ2) is 8.09. The number of phenolic OH excluding ortho intramolecular Hbond substituents is 1. The Labute approximate surface area is 171 Å². The average Bonchev–Trinajstić information content (AvgIpc) is 2.92. The van der Waals surface area contributed by atoms with Crippen molar-refractivity contribution >= 4 is 29.3 Å². The van der Waals surface area contributed by atoms with Crippen molar-refractivity contribution < 1.29 is 9.90 Å². The normalized spacial score (nSPS) is 11.2. The van der Waals surface area contributed by atoms with Crippen molar-refractivity contribution in [2.75, 3.05) is 5.32 Å². The van der Waals surface area contributed by atoms with Crippen molar-refractivity contribution in [1.29, 1.82) is 5.26 Å². The molecule has 3 aromatic rings. The highest BCUT2D eigenvalue weighted by Gasteiger charge is 2.20. The molecule has 1 amide bonds. The van der Waals surface area contributed by atoms with Crippen LogP contribution < -0.4 is 10.9 Å². The number of benzene rings is 2. The Kier molecular flexibility index (Phi) is 5.57. The minimum absolute atomic E-state index is 0.0891. The summed E-state index contributed by atoms with van der Waals surface area (Å²) in [5.74, 6) is -0.823. The summed E-state index contributed by atoms with van der Waals surface area (Å²) in [5, 5.41) is 21.5. The Morgan fingerprint density at radius 3 is 2.55 bits per heavy atom. The molecule has 0 saturated heterocycles. The molecule has 2 aromatic carbocycles. The maximum absolute atomic E-state index is 12.9. The summed E-state index contributed by atoms with van der Waals surface area (Å²) in [6.45, 7) is 1.70. The zero-order valence-electron chi connectivity index (χ0n) is 15.7. The minimum atomic E-state index is -0.720. The smallest absolute Gasteiger partial charge is 0.295 e. The summed E-state index contributed by atoms with van der Waals surface area (Å²) in [7, 11) is 1.71. The number of carbonyl (C=O) groups is 1. The maximum Gasteiger partial charge on any atom is 0.295 e. The Balaban J connectivity index is 1.96. The van der Waals surface area contributed by atoms with Crippen LogP contribution in [0.3, 0.4) is 0 Å². The predicted molar refractivity (Wildman–Crippen MR) is 111 cm³/mol. The van der Waals surface area contributed by atoms with E-state index in [1.165, 1.54) is 29.0 Å². The van der Waals surface area contributed by atoms with Crippen LogP contribution in [0, 0.1) is 18.3 Å². The molecule has 146 valence electrons. The number of anilines is 1. The molecule has 2 N–H and O–H groups in total. The third-order valence-electron chi connectivity index (χ3n) is 4.44. The van der Waals surface area contributed by atoms with Crippen molar-refractivity contribution in [2.45, 2.75) is 6.92 Å². The SMILES string of the molecule is Cc1c(NC(=O)/C(C#N)=C\c2ccc(O)c(Cl)c2)c(=O)n(-c2ccccc2)n1C. The monoisotopic (exact) mass is 408 g/mol. The van der Waals surface area contributed by atoms with E-state index in [4.69, 9.17) is 11.6 Å². The van der Waals surface area contributed by atoms with Gasteiger partial charge in [-0.05, 0) is 42.8 Å². The molecule has 3 rings (SSSR count). The van der Waals surface area contributed by atoms with Crippen molar-refractivity contribution in [2.24, 2.45) is 7.05 Å². The summed E-state index contributed by atoms with van der Waals surface area (Å²) in [5.41, 5.74) is 1.13. The van der Waals surface area contributed by atoms with Gasteiger partial charge in [0.1, 0.15) is 23.1 Å². The van der Waals surface area contributed by atoms with E-state index in [2.05, 4.69) is 5.32 Å². The third-order valence-corrected chi connectivity index (χ3v) is 4.74. The summed E-state index contributed by atoms with van der Waals surface area (Å²) in [6, 6.07) is 15.1. The first-order valence-corrected chi connectivity index (χ1v) is 8.97. The standard InChI is InChI=1S/C21H17ClN4O3/c1-13-19(21(29)26(25(13)2)16-6-4-3-5-7-16)24-20(28)15(12-23)10-14-8-9-18(27)17(22)11-14/h3-11,27H,1-2H3,(H,24,28)/b15-10-. The molecular formula is C21H17ClN4O3. The van der Waals surface area contributed by atoms with E-state index >= 15 is 0 Å². The lowest BCUT2D eigenvalue weighted by Gasteiger charge is -2.07. The molecule has 0 radical (unpaired) electrons. The van der Waals surface area contributed by atoms with Gasteiger partial charge < -0.3 is 10.4 Å². The summed E-state index contributed by atoms with van der Waals surface area (Å²) < 4.78 is 3.06. The molecule has 1 heterocycles. The molecule has 0 bridgehead atoms. The largest absolute Gasteiger partial charge is 0.506 e. The van der Waals surface area contributed by atoms with Crippen molar-refractivity contribution in [3.8, 4) is 17.5 Å². The van der Waals surface area contributed by atoms with Crippen molar-refractivity contribution in [3.63, 3.8) is 0 Å². The van der Waals surface area contributed by atoms with Gasteiger partial charge >= 0.3 is 0 Å². The van der Waals surface area contributed by atoms with Gasteiger partial charge in [0.2, 0.25) is 0 Å². The lowest BCUT2D eigenvalue weighted by atomic mass is 10.1. The lowest BCUT2D eigenvalue weighted by Crippen LogP contribution is -2.23. The summed E-state index contributed by atoms with van der Waals surface area (Å²) in [4.78, 5) is 25.5. The molecule has 0 atom stereocenters. The number of amides is 1. The molecule has 0 spiro atoms. The minimum Gasteiger partial charge on any atom is -0.506 e. The van der Waals surface area contributed by atoms with E-state index in [9.17, 15) is 20.0 Å². The molecule has 0 aliphatic carbocycles. The number of hydrogen-bond donors (Lipinski definition) is 2. The number of nitriles is 1. The topological polar surface area (TPSA) is 100 Å². The molecule has 29 heavy (non-hydrogen) atoms. The number of halogens is 1. The van der Waals surface area contributed by atoms with E-state index in [1.54, 1.807) is 30.8 Å². The quantitative estimate of drug-likeness (QED) is 0.510. The van der Waals surface area contributed by atoms with Crippen LogP contribution in [-0.4, -0.2) is 20.4 Å². The van der Waals surface area contributed by atoms with Crippen molar-refractivity contribution in [3.05, 3.63) is 80.7 Å². The Bertz CT molecular complexity index is 1220. The first-order valence-electron chi connectivity index (χ1n) is 8.59. The Morgan fingerprint density at radius 1 is 1.24 bits per heavy atom. The number of carbonyl (C=O) groups excluding carboxylic acids is 1. The van der Waals surface area contributed by atoms with Gasteiger partial charge in [0.05, 0.1) is 16.4 Å². The summed E-state index contributed by atoms with van der Waals surface area (Å²) in [6.07, 6.45) is 1.33. The molecule has 1 aromatic heterocycles. The zero-order valence-corrected chi connectivity index (χ0v) is 16.4. The van der Waals surface area contributed by atoms with Crippen LogP contribution in [0.2, 0.25) is 5.02 Å². The van der Waals surface area contributed by atoms with E-state index in [0.29, 0.717) is 16.9 Å². The molecular weight excluding hydrogens is 392 g/mol. The maximum atomic E-state index is 12.9. The first kappa shape index (κ1) is 20.0. The predicted octanol–water partition coefficient (Wildman–Crippen LogP) is 3.39. The molecule has 7 nitrogen and oxygen atoms in total. The number of aromatic nitrogens is 2.